The predicted octanol–water partition coefficient (Wildman–Crippen LogP) is 3.21. The van der Waals surface area contributed by atoms with Crippen LogP contribution >= 0.6 is 0 Å². The average molecular weight is 369 g/mol. The van der Waals surface area contributed by atoms with Crippen LogP contribution < -0.4 is 11.1 Å². The van der Waals surface area contributed by atoms with Crippen LogP contribution in [-0.4, -0.2) is 22.8 Å². The van der Waals surface area contributed by atoms with E-state index < -0.39 is 11.9 Å². The first kappa shape index (κ1) is 17.7. The monoisotopic (exact) mass is 369 g/mol. The largest absolute Gasteiger partial charge is 0.368 e. The minimum atomic E-state index is -0.847. The van der Waals surface area contributed by atoms with Crippen LogP contribution in [0.3, 0.4) is 0 Å². The number of amides is 2. The number of fused-ring (bicyclic) bond motifs is 2. The topological polar surface area (TPSA) is 85.1 Å². The van der Waals surface area contributed by atoms with Crippen molar-refractivity contribution in [1.82, 2.24) is 10.3 Å². The third-order valence-corrected chi connectivity index (χ3v) is 4.75. The van der Waals surface area contributed by atoms with Gasteiger partial charge in [0.15, 0.2) is 0 Å². The maximum atomic E-state index is 12.8. The fourth-order valence-electron chi connectivity index (χ4n) is 3.31. The second-order valence-electron chi connectivity index (χ2n) is 6.65. The zero-order valence-electron chi connectivity index (χ0n) is 15.1. The number of aromatic nitrogens is 1. The molecule has 0 saturated carbocycles. The number of hydrogen-bond donors (Lipinski definition) is 2. The Hall–Kier alpha value is -3.73. The third-order valence-electron chi connectivity index (χ3n) is 4.75. The van der Waals surface area contributed by atoms with E-state index in [1.54, 1.807) is 6.07 Å². The van der Waals surface area contributed by atoms with Gasteiger partial charge in [-0.25, -0.2) is 0 Å². The van der Waals surface area contributed by atoms with Gasteiger partial charge in [-0.1, -0.05) is 60.7 Å². The van der Waals surface area contributed by atoms with Crippen molar-refractivity contribution in [3.05, 3.63) is 90.1 Å². The van der Waals surface area contributed by atoms with Gasteiger partial charge in [-0.2, -0.15) is 0 Å². The van der Waals surface area contributed by atoms with E-state index in [0.717, 1.165) is 21.7 Å². The minimum Gasteiger partial charge on any atom is -0.368 e. The van der Waals surface area contributed by atoms with Gasteiger partial charge >= 0.3 is 0 Å². The highest BCUT2D eigenvalue weighted by Crippen LogP contribution is 2.19. The van der Waals surface area contributed by atoms with Gasteiger partial charge in [0.25, 0.3) is 5.91 Å². The fourth-order valence-corrected chi connectivity index (χ4v) is 3.31. The summed E-state index contributed by atoms with van der Waals surface area (Å²) in [4.78, 5) is 29.4. The summed E-state index contributed by atoms with van der Waals surface area (Å²) < 4.78 is 0. The molecule has 138 valence electrons. The van der Waals surface area contributed by atoms with Crippen molar-refractivity contribution in [1.29, 1.82) is 0 Å². The lowest BCUT2D eigenvalue weighted by molar-refractivity contribution is -0.119. The molecule has 0 bridgehead atoms. The third kappa shape index (κ3) is 3.55. The molecule has 0 aliphatic heterocycles. The van der Waals surface area contributed by atoms with Crippen LogP contribution in [0.2, 0.25) is 0 Å². The summed E-state index contributed by atoms with van der Waals surface area (Å²) in [5.74, 6) is -0.926. The highest BCUT2D eigenvalue weighted by molar-refractivity contribution is 6.08. The van der Waals surface area contributed by atoms with Gasteiger partial charge in [0.2, 0.25) is 5.91 Å². The predicted molar refractivity (Wildman–Crippen MR) is 110 cm³/mol. The Kier molecular flexibility index (Phi) is 4.72. The van der Waals surface area contributed by atoms with Gasteiger partial charge in [-0.05, 0) is 29.0 Å². The number of pyridine rings is 1. The molecule has 0 unspecified atom stereocenters. The highest BCUT2D eigenvalue weighted by atomic mass is 16.2. The summed E-state index contributed by atoms with van der Waals surface area (Å²) >= 11 is 0. The van der Waals surface area contributed by atoms with Crippen molar-refractivity contribution in [2.45, 2.75) is 12.5 Å². The van der Waals surface area contributed by atoms with Crippen LogP contribution in [0.5, 0.6) is 0 Å². The number of hydrogen-bond acceptors (Lipinski definition) is 3. The van der Waals surface area contributed by atoms with Crippen LogP contribution in [-0.2, 0) is 11.2 Å². The van der Waals surface area contributed by atoms with E-state index >= 15 is 0 Å². The SMILES string of the molecule is NC(=O)[C@H](Cc1ccc2ccccc2n1)NC(=O)c1cccc2ccccc12. The Morgan fingerprint density at radius 2 is 1.57 bits per heavy atom. The van der Waals surface area contributed by atoms with E-state index in [-0.39, 0.29) is 12.3 Å². The molecule has 28 heavy (non-hydrogen) atoms. The standard InChI is InChI=1S/C23H19N3O2/c24-22(27)21(14-17-13-12-16-7-2-4-11-20(16)25-17)26-23(28)19-10-5-8-15-6-1-3-9-18(15)19/h1-13,21H,14H2,(H2,24,27)(H,26,28)/t21-/m0/s1. The molecule has 1 aromatic heterocycles. The molecule has 0 aliphatic carbocycles. The number of carbonyl (C=O) groups excluding carboxylic acids is 2. The van der Waals surface area contributed by atoms with Crippen LogP contribution in [0.15, 0.2) is 78.9 Å². The number of para-hydroxylation sites is 1. The van der Waals surface area contributed by atoms with Gasteiger partial charge in [-0.3, -0.25) is 14.6 Å². The van der Waals surface area contributed by atoms with Crippen LogP contribution in [0.1, 0.15) is 16.1 Å². The lowest BCUT2D eigenvalue weighted by Gasteiger charge is -2.16. The molecule has 3 N–H and O–H groups in total. The van der Waals surface area contributed by atoms with Crippen LogP contribution in [0, 0.1) is 0 Å². The molecular formula is C23H19N3O2. The second-order valence-corrected chi connectivity index (χ2v) is 6.65. The van der Waals surface area contributed by atoms with Crippen molar-refractivity contribution >= 4 is 33.5 Å². The Morgan fingerprint density at radius 3 is 2.39 bits per heavy atom. The van der Waals surface area contributed by atoms with Gasteiger partial charge in [-0.15, -0.1) is 0 Å². The number of rotatable bonds is 5. The first-order valence-corrected chi connectivity index (χ1v) is 9.04. The lowest BCUT2D eigenvalue weighted by atomic mass is 10.0. The number of nitrogens with two attached hydrogens (primary N) is 1. The van der Waals surface area contributed by atoms with Gasteiger partial charge < -0.3 is 11.1 Å². The summed E-state index contributed by atoms with van der Waals surface area (Å²) in [6, 6.07) is 23.8. The molecule has 5 heteroatoms. The molecule has 3 aromatic carbocycles. The first-order valence-electron chi connectivity index (χ1n) is 9.04. The zero-order valence-corrected chi connectivity index (χ0v) is 15.1. The number of nitrogens with zero attached hydrogens (tertiary/aromatic N) is 1. The van der Waals surface area contributed by atoms with Crippen molar-refractivity contribution < 1.29 is 9.59 Å². The molecular weight excluding hydrogens is 350 g/mol. The highest BCUT2D eigenvalue weighted by Gasteiger charge is 2.21. The van der Waals surface area contributed by atoms with Gasteiger partial charge in [0, 0.05) is 23.1 Å². The maximum absolute atomic E-state index is 12.8. The van der Waals surface area contributed by atoms with Crippen LogP contribution in [0.25, 0.3) is 21.7 Å². The fraction of sp³-hybridized carbons (Fsp3) is 0.0870. The van der Waals surface area contributed by atoms with Gasteiger partial charge in [0.05, 0.1) is 5.52 Å². The summed E-state index contributed by atoms with van der Waals surface area (Å²) in [5, 5.41) is 5.57. The number of carbonyl (C=O) groups is 2. The smallest absolute Gasteiger partial charge is 0.252 e. The molecule has 0 saturated heterocycles. The number of benzene rings is 3. The van der Waals surface area contributed by atoms with Crippen molar-refractivity contribution in [3.63, 3.8) is 0 Å². The normalized spacial score (nSPS) is 12.0. The Bertz CT molecular complexity index is 1180. The first-order chi connectivity index (χ1) is 13.6. The summed E-state index contributed by atoms with van der Waals surface area (Å²) in [6.07, 6.45) is 0.233. The maximum Gasteiger partial charge on any atom is 0.252 e. The Morgan fingerprint density at radius 1 is 0.857 bits per heavy atom. The lowest BCUT2D eigenvalue weighted by Crippen LogP contribution is -2.46. The Labute approximate surface area is 162 Å². The minimum absolute atomic E-state index is 0.233. The summed E-state index contributed by atoms with van der Waals surface area (Å²) in [7, 11) is 0. The molecule has 2 amide bonds. The van der Waals surface area contributed by atoms with E-state index in [9.17, 15) is 9.59 Å². The van der Waals surface area contributed by atoms with Gasteiger partial charge in [0.1, 0.15) is 6.04 Å². The van der Waals surface area contributed by atoms with Crippen LogP contribution in [0.4, 0.5) is 0 Å². The second kappa shape index (κ2) is 7.48. The van der Waals surface area contributed by atoms with Crippen molar-refractivity contribution in [2.75, 3.05) is 0 Å². The van der Waals surface area contributed by atoms with E-state index in [2.05, 4.69) is 10.3 Å². The molecule has 4 rings (SSSR count). The number of primary amides is 1. The molecule has 1 atom stereocenters. The quantitative estimate of drug-likeness (QED) is 0.566. The molecule has 0 radical (unpaired) electrons. The Balaban J connectivity index is 1.59. The molecule has 5 nitrogen and oxygen atoms in total. The molecule has 1 heterocycles. The van der Waals surface area contributed by atoms with E-state index in [4.69, 9.17) is 5.73 Å². The van der Waals surface area contributed by atoms with Crippen molar-refractivity contribution in [2.24, 2.45) is 5.73 Å². The number of nitrogens with one attached hydrogen (secondary N) is 1. The van der Waals surface area contributed by atoms with E-state index in [0.29, 0.717) is 11.3 Å². The summed E-state index contributed by atoms with van der Waals surface area (Å²) in [6.45, 7) is 0. The van der Waals surface area contributed by atoms with Crippen molar-refractivity contribution in [3.8, 4) is 0 Å². The van der Waals surface area contributed by atoms with E-state index in [1.165, 1.54) is 0 Å². The average Bonchev–Trinajstić information content (AvgIpc) is 2.72. The zero-order chi connectivity index (χ0) is 19.5. The molecule has 0 spiro atoms. The summed E-state index contributed by atoms with van der Waals surface area (Å²) in [5.41, 5.74) is 7.60. The molecule has 0 fully saturated rings. The van der Waals surface area contributed by atoms with E-state index in [1.807, 2.05) is 72.8 Å². The molecule has 0 aliphatic rings. The molecule has 4 aromatic rings.